The van der Waals surface area contributed by atoms with Gasteiger partial charge in [0, 0.05) is 19.6 Å². The first-order valence-corrected chi connectivity index (χ1v) is 7.70. The minimum absolute atomic E-state index is 0.474. The third kappa shape index (κ3) is 6.42. The van der Waals surface area contributed by atoms with Gasteiger partial charge in [-0.05, 0) is 38.9 Å². The van der Waals surface area contributed by atoms with Crippen molar-refractivity contribution in [3.8, 4) is 0 Å². The summed E-state index contributed by atoms with van der Waals surface area (Å²) in [5.41, 5.74) is 0. The van der Waals surface area contributed by atoms with Crippen LogP contribution in [0.4, 0.5) is 0 Å². The molecule has 0 radical (unpaired) electrons. The van der Waals surface area contributed by atoms with Crippen LogP contribution in [0.3, 0.4) is 0 Å². The van der Waals surface area contributed by atoms with E-state index in [2.05, 4.69) is 22.0 Å². The Morgan fingerprint density at radius 3 is 2.75 bits per heavy atom. The zero-order chi connectivity index (χ0) is 12.0. The lowest BCUT2D eigenvalue weighted by molar-refractivity contribution is 0.206. The maximum atomic E-state index is 10.8. The molecule has 1 heterocycles. The summed E-state index contributed by atoms with van der Waals surface area (Å²) in [6.45, 7) is 4.50. The lowest BCUT2D eigenvalue weighted by atomic mass is 9.98. The lowest BCUT2D eigenvalue weighted by Gasteiger charge is -2.29. The molecule has 5 nitrogen and oxygen atoms in total. The van der Waals surface area contributed by atoms with Gasteiger partial charge in [-0.1, -0.05) is 0 Å². The first kappa shape index (κ1) is 13.9. The molecule has 1 saturated heterocycles. The van der Waals surface area contributed by atoms with Crippen LogP contribution in [0.25, 0.3) is 0 Å². The molecule has 0 saturated carbocycles. The van der Waals surface area contributed by atoms with Crippen molar-refractivity contribution in [1.29, 1.82) is 0 Å². The molecule has 0 aromatic heterocycles. The van der Waals surface area contributed by atoms with E-state index in [-0.39, 0.29) is 0 Å². The molecule has 1 aliphatic rings. The van der Waals surface area contributed by atoms with Crippen LogP contribution in [0.1, 0.15) is 12.8 Å². The quantitative estimate of drug-likeness (QED) is 0.621. The molecule has 6 heteroatoms. The number of likely N-dealkylation sites (tertiary alicyclic amines) is 1. The van der Waals surface area contributed by atoms with E-state index < -0.39 is 10.0 Å². The van der Waals surface area contributed by atoms with Crippen LogP contribution in [0.2, 0.25) is 0 Å². The van der Waals surface area contributed by atoms with Crippen molar-refractivity contribution in [2.75, 3.05) is 46.0 Å². The fraction of sp³-hybridized carbons (Fsp3) is 1.00. The Hall–Kier alpha value is -0.170. The molecule has 0 amide bonds. The normalized spacial score (nSPS) is 23.5. The summed E-state index contributed by atoms with van der Waals surface area (Å²) in [6, 6.07) is 0. The van der Waals surface area contributed by atoms with E-state index in [0.717, 1.165) is 13.1 Å². The molecule has 0 spiro atoms. The van der Waals surface area contributed by atoms with Crippen LogP contribution in [-0.2, 0) is 10.0 Å². The maximum Gasteiger partial charge on any atom is 0.208 e. The van der Waals surface area contributed by atoms with Crippen molar-refractivity contribution in [3.05, 3.63) is 0 Å². The number of piperidine rings is 1. The zero-order valence-corrected chi connectivity index (χ0v) is 11.0. The predicted octanol–water partition coefficient (Wildman–Crippen LogP) is -0.533. The predicted molar refractivity (Wildman–Crippen MR) is 65.9 cm³/mol. The topological polar surface area (TPSA) is 61.4 Å². The van der Waals surface area contributed by atoms with Gasteiger partial charge < -0.3 is 10.2 Å². The van der Waals surface area contributed by atoms with Crippen LogP contribution in [0.15, 0.2) is 0 Å². The van der Waals surface area contributed by atoms with E-state index in [4.69, 9.17) is 0 Å². The number of hydrogen-bond acceptors (Lipinski definition) is 4. The van der Waals surface area contributed by atoms with E-state index in [1.54, 1.807) is 0 Å². The van der Waals surface area contributed by atoms with Crippen molar-refractivity contribution in [2.24, 2.45) is 5.92 Å². The van der Waals surface area contributed by atoms with Crippen molar-refractivity contribution < 1.29 is 8.42 Å². The Morgan fingerprint density at radius 2 is 2.12 bits per heavy atom. The van der Waals surface area contributed by atoms with Gasteiger partial charge in [0.15, 0.2) is 0 Å². The van der Waals surface area contributed by atoms with Crippen LogP contribution in [0, 0.1) is 5.92 Å². The molecule has 2 N–H and O–H groups in total. The van der Waals surface area contributed by atoms with Gasteiger partial charge in [-0.2, -0.15) is 0 Å². The van der Waals surface area contributed by atoms with Crippen LogP contribution >= 0.6 is 0 Å². The highest BCUT2D eigenvalue weighted by atomic mass is 32.2. The Kier molecular flexibility index (Phi) is 5.68. The molecule has 0 aromatic carbocycles. The third-order valence-electron chi connectivity index (χ3n) is 2.82. The van der Waals surface area contributed by atoms with E-state index in [9.17, 15) is 8.42 Å². The van der Waals surface area contributed by atoms with Gasteiger partial charge in [0.05, 0.1) is 6.26 Å². The molecule has 16 heavy (non-hydrogen) atoms. The standard InChI is InChI=1S/C10H23N3O2S/c1-13-7-3-4-10(9-13)8-11-5-6-12-16(2,14)15/h10-12H,3-9H2,1-2H3. The largest absolute Gasteiger partial charge is 0.315 e. The van der Waals surface area contributed by atoms with Gasteiger partial charge in [0.25, 0.3) is 0 Å². The number of nitrogens with one attached hydrogen (secondary N) is 2. The third-order valence-corrected chi connectivity index (χ3v) is 3.55. The summed E-state index contributed by atoms with van der Waals surface area (Å²) in [5.74, 6) is 0.706. The zero-order valence-electron chi connectivity index (χ0n) is 10.2. The highest BCUT2D eigenvalue weighted by Gasteiger charge is 2.16. The van der Waals surface area contributed by atoms with Gasteiger partial charge in [0.2, 0.25) is 10.0 Å². The van der Waals surface area contributed by atoms with E-state index in [1.807, 2.05) is 0 Å². The molecule has 0 aliphatic carbocycles. The average molecular weight is 249 g/mol. The molecule has 1 fully saturated rings. The second kappa shape index (κ2) is 6.54. The molecule has 96 valence electrons. The number of sulfonamides is 1. The summed E-state index contributed by atoms with van der Waals surface area (Å²) >= 11 is 0. The average Bonchev–Trinajstić information content (AvgIpc) is 2.15. The Bertz CT molecular complexity index is 292. The smallest absolute Gasteiger partial charge is 0.208 e. The monoisotopic (exact) mass is 249 g/mol. The van der Waals surface area contributed by atoms with Crippen LogP contribution in [-0.4, -0.2) is 59.3 Å². The van der Waals surface area contributed by atoms with Crippen molar-refractivity contribution >= 4 is 10.0 Å². The van der Waals surface area contributed by atoms with Crippen molar-refractivity contribution in [2.45, 2.75) is 12.8 Å². The lowest BCUT2D eigenvalue weighted by Crippen LogP contribution is -2.39. The Labute approximate surface area is 98.6 Å². The van der Waals surface area contributed by atoms with Crippen molar-refractivity contribution in [1.82, 2.24) is 14.9 Å². The second-order valence-corrected chi connectivity index (χ2v) is 6.47. The number of rotatable bonds is 6. The van der Waals surface area contributed by atoms with Gasteiger partial charge in [-0.15, -0.1) is 0 Å². The fourth-order valence-electron chi connectivity index (χ4n) is 2.07. The summed E-state index contributed by atoms with van der Waals surface area (Å²) in [5, 5.41) is 3.29. The highest BCUT2D eigenvalue weighted by molar-refractivity contribution is 7.88. The molecule has 0 bridgehead atoms. The van der Waals surface area contributed by atoms with Crippen LogP contribution < -0.4 is 10.0 Å². The van der Waals surface area contributed by atoms with Crippen molar-refractivity contribution in [3.63, 3.8) is 0 Å². The first-order chi connectivity index (χ1) is 7.47. The molecule has 1 aliphatic heterocycles. The number of hydrogen-bond donors (Lipinski definition) is 2. The van der Waals surface area contributed by atoms with Gasteiger partial charge in [-0.25, -0.2) is 13.1 Å². The fourth-order valence-corrected chi connectivity index (χ4v) is 2.54. The summed E-state index contributed by atoms with van der Waals surface area (Å²) in [4.78, 5) is 2.35. The maximum absolute atomic E-state index is 10.8. The second-order valence-electron chi connectivity index (χ2n) is 4.64. The summed E-state index contributed by atoms with van der Waals surface area (Å²) < 4.78 is 24.1. The Balaban J connectivity index is 2.02. The van der Waals surface area contributed by atoms with Gasteiger partial charge >= 0.3 is 0 Å². The Morgan fingerprint density at radius 1 is 1.38 bits per heavy atom. The van der Waals surface area contributed by atoms with E-state index in [0.29, 0.717) is 19.0 Å². The van der Waals surface area contributed by atoms with Crippen LogP contribution in [0.5, 0.6) is 0 Å². The summed E-state index contributed by atoms with van der Waals surface area (Å²) in [6.07, 6.45) is 3.73. The molecular weight excluding hydrogens is 226 g/mol. The summed E-state index contributed by atoms with van der Waals surface area (Å²) in [7, 11) is -0.886. The number of nitrogens with zero attached hydrogens (tertiary/aromatic N) is 1. The molecule has 1 unspecified atom stereocenters. The highest BCUT2D eigenvalue weighted by Crippen LogP contribution is 2.13. The van der Waals surface area contributed by atoms with Gasteiger partial charge in [0.1, 0.15) is 0 Å². The molecule has 1 atom stereocenters. The van der Waals surface area contributed by atoms with E-state index in [1.165, 1.54) is 25.6 Å². The molecule has 0 aromatic rings. The minimum Gasteiger partial charge on any atom is -0.315 e. The van der Waals surface area contributed by atoms with E-state index >= 15 is 0 Å². The van der Waals surface area contributed by atoms with Gasteiger partial charge in [-0.3, -0.25) is 0 Å². The minimum atomic E-state index is -3.04. The first-order valence-electron chi connectivity index (χ1n) is 5.81. The molecule has 1 rings (SSSR count). The SMILES string of the molecule is CN1CCCC(CNCCNS(C)(=O)=O)C1. The molecular formula is C10H23N3O2S.